The molecule has 3 aromatic rings. The predicted molar refractivity (Wildman–Crippen MR) is 129 cm³/mol. The van der Waals surface area contributed by atoms with Crippen LogP contribution in [0.15, 0.2) is 66.7 Å². The van der Waals surface area contributed by atoms with Crippen LogP contribution in [0.4, 0.5) is 17.1 Å². The molecule has 3 aromatic carbocycles. The van der Waals surface area contributed by atoms with Gasteiger partial charge in [0.25, 0.3) is 5.60 Å². The number of esters is 1. The van der Waals surface area contributed by atoms with Crippen LogP contribution in [0.3, 0.4) is 0 Å². The van der Waals surface area contributed by atoms with Crippen molar-refractivity contribution in [2.24, 2.45) is 0 Å². The van der Waals surface area contributed by atoms with Gasteiger partial charge in [-0.3, -0.25) is 4.74 Å². The number of fused-ring (bicyclic) bond motifs is 1. The molecule has 5 nitrogen and oxygen atoms in total. The van der Waals surface area contributed by atoms with E-state index in [9.17, 15) is 4.79 Å². The summed E-state index contributed by atoms with van der Waals surface area (Å²) < 4.78 is 6.35. The van der Waals surface area contributed by atoms with Crippen LogP contribution < -0.4 is 14.7 Å². The van der Waals surface area contributed by atoms with E-state index in [4.69, 9.17) is 4.74 Å². The third kappa shape index (κ3) is 3.40. The zero-order valence-corrected chi connectivity index (χ0v) is 19.0. The monoisotopic (exact) mass is 416 g/mol. The molecule has 1 heterocycles. The van der Waals surface area contributed by atoms with Crippen LogP contribution in [0.5, 0.6) is 0 Å². The van der Waals surface area contributed by atoms with Gasteiger partial charge >= 0.3 is 5.97 Å². The summed E-state index contributed by atoms with van der Waals surface area (Å²) in [5.74, 6) is -0.0490. The molecule has 0 amide bonds. The van der Waals surface area contributed by atoms with E-state index in [2.05, 4.69) is 70.5 Å². The smallest absolute Gasteiger partial charge is 0.378 e. The highest BCUT2D eigenvalue weighted by molar-refractivity contribution is 5.98. The Hall–Kier alpha value is -3.47. The average molecular weight is 417 g/mol. The predicted octanol–water partition coefficient (Wildman–Crippen LogP) is 4.06. The van der Waals surface area contributed by atoms with Crippen molar-refractivity contribution < 1.29 is 9.53 Å². The number of nitrogens with zero attached hydrogens (tertiary/aromatic N) is 3. The van der Waals surface area contributed by atoms with Crippen molar-refractivity contribution in [3.05, 3.63) is 89.0 Å². The maximum Gasteiger partial charge on any atom is 0.519 e. The van der Waals surface area contributed by atoms with Gasteiger partial charge in [0.2, 0.25) is 0 Å². The normalized spacial score (nSPS) is 14.1. The lowest BCUT2D eigenvalue weighted by Gasteiger charge is -2.26. The molecule has 0 spiro atoms. The van der Waals surface area contributed by atoms with E-state index in [1.54, 1.807) is 0 Å². The van der Waals surface area contributed by atoms with Crippen LogP contribution in [0.1, 0.15) is 22.3 Å². The maximum atomic E-state index is 10.9. The molecular formula is C26H30N3O2+. The first-order valence-electron chi connectivity index (χ1n) is 10.4. The summed E-state index contributed by atoms with van der Waals surface area (Å²) >= 11 is 0. The van der Waals surface area contributed by atoms with E-state index in [1.165, 1.54) is 0 Å². The summed E-state index contributed by atoms with van der Waals surface area (Å²) in [6.45, 7) is 0. The molecule has 5 heteroatoms. The second-order valence-electron chi connectivity index (χ2n) is 8.60. The van der Waals surface area contributed by atoms with Crippen molar-refractivity contribution in [1.29, 1.82) is 0 Å². The van der Waals surface area contributed by atoms with Gasteiger partial charge in [-0.2, -0.15) is 0 Å². The fourth-order valence-corrected chi connectivity index (χ4v) is 4.13. The van der Waals surface area contributed by atoms with Crippen LogP contribution in [0.25, 0.3) is 0 Å². The van der Waals surface area contributed by atoms with Crippen molar-refractivity contribution in [2.45, 2.75) is 5.60 Å². The first-order valence-corrected chi connectivity index (χ1v) is 10.4. The quantitative estimate of drug-likeness (QED) is 0.465. The Balaban J connectivity index is 1.94. The summed E-state index contributed by atoms with van der Waals surface area (Å²) in [6, 6.07) is 22.8. The van der Waals surface area contributed by atoms with E-state index in [-0.39, 0.29) is 5.97 Å². The van der Waals surface area contributed by atoms with Gasteiger partial charge in [0.15, 0.2) is 0 Å². The second-order valence-corrected chi connectivity index (χ2v) is 8.60. The van der Waals surface area contributed by atoms with Crippen molar-refractivity contribution >= 4 is 23.0 Å². The van der Waals surface area contributed by atoms with Crippen LogP contribution in [0.2, 0.25) is 0 Å². The molecule has 31 heavy (non-hydrogen) atoms. The number of hydrogen-bond donors (Lipinski definition) is 0. The van der Waals surface area contributed by atoms with Crippen molar-refractivity contribution in [3.8, 4) is 0 Å². The van der Waals surface area contributed by atoms with Gasteiger partial charge < -0.3 is 19.5 Å². The molecule has 0 bridgehead atoms. The third-order valence-electron chi connectivity index (χ3n) is 5.96. The molecule has 0 radical (unpaired) electrons. The molecule has 0 saturated carbocycles. The van der Waals surface area contributed by atoms with Gasteiger partial charge in [-0.25, -0.2) is 0 Å². The van der Waals surface area contributed by atoms with Gasteiger partial charge in [0.1, 0.15) is 5.56 Å². The molecule has 1 aliphatic heterocycles. The van der Waals surface area contributed by atoms with E-state index in [0.29, 0.717) is 0 Å². The van der Waals surface area contributed by atoms with Crippen LogP contribution >= 0.6 is 0 Å². The molecule has 0 atom stereocenters. The maximum absolute atomic E-state index is 10.9. The highest BCUT2D eigenvalue weighted by Gasteiger charge is 2.56. The fourth-order valence-electron chi connectivity index (χ4n) is 4.13. The van der Waals surface area contributed by atoms with Crippen molar-refractivity contribution in [1.82, 2.24) is 0 Å². The van der Waals surface area contributed by atoms with Gasteiger partial charge in [-0.1, -0.05) is 0 Å². The number of benzene rings is 3. The first kappa shape index (κ1) is 20.8. The molecule has 160 valence electrons. The second kappa shape index (κ2) is 7.65. The molecule has 0 saturated heterocycles. The number of cyclic esters (lactones) is 1. The Bertz CT molecular complexity index is 1050. The average Bonchev–Trinajstić information content (AvgIpc) is 3.06. The number of anilines is 3. The SMILES string of the molecule is CN(C)c1ccc(C2(c3ccc(N(C)C)cc3)OC(=[OH+])c3cc(N(C)C)ccc32)cc1. The lowest BCUT2D eigenvalue weighted by Crippen LogP contribution is -2.29. The largest absolute Gasteiger partial charge is 0.519 e. The van der Waals surface area contributed by atoms with Crippen molar-refractivity contribution in [3.63, 3.8) is 0 Å². The number of rotatable bonds is 5. The molecule has 4 rings (SSSR count). The summed E-state index contributed by atoms with van der Waals surface area (Å²) in [6.07, 6.45) is 0. The topological polar surface area (TPSA) is 40.4 Å². The first-order chi connectivity index (χ1) is 14.7. The summed E-state index contributed by atoms with van der Waals surface area (Å²) in [4.78, 5) is 17.0. The highest BCUT2D eigenvalue weighted by atomic mass is 16.6. The molecule has 1 aliphatic rings. The molecular weight excluding hydrogens is 386 g/mol. The lowest BCUT2D eigenvalue weighted by molar-refractivity contribution is 0.143. The van der Waals surface area contributed by atoms with Gasteiger partial charge in [-0.15, -0.1) is 0 Å². The zero-order chi connectivity index (χ0) is 22.3. The van der Waals surface area contributed by atoms with E-state index in [1.807, 2.05) is 53.3 Å². The Kier molecular flexibility index (Phi) is 5.13. The Morgan fingerprint density at radius 3 is 1.45 bits per heavy atom. The van der Waals surface area contributed by atoms with Gasteiger partial charge in [0.05, 0.1) is 5.56 Å². The van der Waals surface area contributed by atoms with E-state index in [0.717, 1.165) is 39.3 Å². The fraction of sp³-hybridized carbons (Fsp3) is 0.269. The van der Waals surface area contributed by atoms with Gasteiger partial charge in [-0.05, 0) is 66.7 Å². The van der Waals surface area contributed by atoms with Crippen LogP contribution in [-0.2, 0) is 10.3 Å². The van der Waals surface area contributed by atoms with E-state index >= 15 is 0 Å². The number of carbonyl (C=O) groups excluding carboxylic acids is 1. The molecule has 0 unspecified atom stereocenters. The summed E-state index contributed by atoms with van der Waals surface area (Å²) in [5.41, 5.74) is 5.91. The van der Waals surface area contributed by atoms with Crippen LogP contribution in [-0.4, -0.2) is 53.0 Å². The molecule has 1 N–H and O–H groups in total. The molecule has 0 aliphatic carbocycles. The van der Waals surface area contributed by atoms with Crippen LogP contribution in [0, 0.1) is 0 Å². The minimum Gasteiger partial charge on any atom is -0.378 e. The number of ether oxygens (including phenoxy) is 1. The minimum absolute atomic E-state index is 0.0490. The van der Waals surface area contributed by atoms with E-state index < -0.39 is 5.60 Å². The summed E-state index contributed by atoms with van der Waals surface area (Å²) in [5, 5.41) is 0. The minimum atomic E-state index is -0.917. The standard InChI is InChI=1S/C26H29N3O2/c1-27(2)20-11-7-18(8-12-20)26(19-9-13-21(14-10-19)28(3)4)24-16-15-22(29(5)6)17-23(24)25(30)31-26/h7-17H,1-6H3/p+1. The summed E-state index contributed by atoms with van der Waals surface area (Å²) in [7, 11) is 12.1. The molecule has 0 fully saturated rings. The third-order valence-corrected chi connectivity index (χ3v) is 5.96. The zero-order valence-electron chi connectivity index (χ0n) is 19.0. The van der Waals surface area contributed by atoms with Crippen molar-refractivity contribution in [2.75, 3.05) is 57.0 Å². The lowest BCUT2D eigenvalue weighted by atomic mass is 9.79. The highest BCUT2D eigenvalue weighted by Crippen LogP contribution is 2.48. The molecule has 0 aromatic heterocycles. The van der Waals surface area contributed by atoms with Gasteiger partial charge in [0, 0.05) is 70.5 Å². The Morgan fingerprint density at radius 2 is 1.03 bits per heavy atom. The Labute approximate surface area is 184 Å². The number of hydrogen-bond acceptors (Lipinski definition) is 4. The Morgan fingerprint density at radius 1 is 0.613 bits per heavy atom.